The molecule has 0 heterocycles. The van der Waals surface area contributed by atoms with Gasteiger partial charge in [-0.3, -0.25) is 0 Å². The molecule has 5 atom stereocenters. The van der Waals surface area contributed by atoms with E-state index in [0.717, 1.165) is 57.3 Å². The summed E-state index contributed by atoms with van der Waals surface area (Å²) in [5, 5.41) is 17.7. The Morgan fingerprint density at radius 1 is 0.676 bits per heavy atom. The van der Waals surface area contributed by atoms with Crippen LogP contribution in [0.15, 0.2) is 0 Å². The molecule has 3 aliphatic carbocycles. The van der Waals surface area contributed by atoms with Gasteiger partial charge in [-0.15, -0.1) is 0 Å². The van der Waals surface area contributed by atoms with Gasteiger partial charge in [0, 0.05) is 0 Å². The Hall–Kier alpha value is -0.310. The molecule has 0 aliphatic heterocycles. The SMILES string of the molecule is C[C@H](COCCO)OC1CCC(CCC2CCC(C3CCC(O[C@@H](C)COCCO)CC3)C(F)C2)CC1. The molecule has 0 aromatic carbocycles. The van der Waals surface area contributed by atoms with Crippen LogP contribution in [0.4, 0.5) is 4.39 Å². The fraction of sp³-hybridized carbons (Fsp3) is 1.00. The van der Waals surface area contributed by atoms with Gasteiger partial charge in [-0.2, -0.15) is 0 Å². The number of aliphatic hydroxyl groups is 2. The lowest BCUT2D eigenvalue weighted by Gasteiger charge is -2.40. The molecule has 2 N–H and O–H groups in total. The molecule has 3 saturated carbocycles. The average Bonchev–Trinajstić information content (AvgIpc) is 2.89. The second kappa shape index (κ2) is 17.4. The molecule has 7 heteroatoms. The summed E-state index contributed by atoms with van der Waals surface area (Å²) in [6.45, 7) is 5.98. The predicted octanol–water partition coefficient (Wildman–Crippen LogP) is 5.47. The minimum atomic E-state index is -0.634. The summed E-state index contributed by atoms with van der Waals surface area (Å²) in [6.07, 6.45) is 14.5. The van der Waals surface area contributed by atoms with Gasteiger partial charge in [-0.25, -0.2) is 4.39 Å². The lowest BCUT2D eigenvalue weighted by Crippen LogP contribution is -2.36. The van der Waals surface area contributed by atoms with E-state index in [2.05, 4.69) is 0 Å². The summed E-state index contributed by atoms with van der Waals surface area (Å²) in [5.41, 5.74) is 0. The summed E-state index contributed by atoms with van der Waals surface area (Å²) < 4.78 is 38.3. The summed E-state index contributed by atoms with van der Waals surface area (Å²) in [6, 6.07) is 0. The van der Waals surface area contributed by atoms with E-state index >= 15 is 4.39 Å². The van der Waals surface area contributed by atoms with Crippen molar-refractivity contribution < 1.29 is 33.6 Å². The quantitative estimate of drug-likeness (QED) is 0.258. The molecule has 6 nitrogen and oxygen atoms in total. The molecule has 0 bridgehead atoms. The monoisotopic (exact) mass is 530 g/mol. The van der Waals surface area contributed by atoms with Crippen molar-refractivity contribution in [2.24, 2.45) is 23.7 Å². The molecule has 0 radical (unpaired) electrons. The summed E-state index contributed by atoms with van der Waals surface area (Å²) in [5.74, 6) is 2.09. The van der Waals surface area contributed by atoms with Gasteiger partial charge in [0.05, 0.1) is 64.1 Å². The van der Waals surface area contributed by atoms with Crippen LogP contribution in [0.1, 0.15) is 97.3 Å². The maximum atomic E-state index is 15.3. The van der Waals surface area contributed by atoms with Crippen LogP contribution in [0.3, 0.4) is 0 Å². The van der Waals surface area contributed by atoms with E-state index in [0.29, 0.717) is 44.4 Å². The van der Waals surface area contributed by atoms with E-state index in [1.807, 2.05) is 13.8 Å². The summed E-state index contributed by atoms with van der Waals surface area (Å²) >= 11 is 0. The van der Waals surface area contributed by atoms with Crippen molar-refractivity contribution in [3.63, 3.8) is 0 Å². The zero-order valence-electron chi connectivity index (χ0n) is 23.5. The molecule has 218 valence electrons. The minimum Gasteiger partial charge on any atom is -0.394 e. The maximum Gasteiger partial charge on any atom is 0.103 e. The highest BCUT2D eigenvalue weighted by Crippen LogP contribution is 2.44. The Bertz CT molecular complexity index is 578. The van der Waals surface area contributed by atoms with E-state index in [4.69, 9.17) is 29.2 Å². The predicted molar refractivity (Wildman–Crippen MR) is 143 cm³/mol. The molecular formula is C30H55FO6. The smallest absolute Gasteiger partial charge is 0.103 e. The number of alkyl halides is 1. The molecule has 0 saturated heterocycles. The van der Waals surface area contributed by atoms with Crippen molar-refractivity contribution in [2.45, 2.75) is 128 Å². The maximum absolute atomic E-state index is 15.3. The highest BCUT2D eigenvalue weighted by Gasteiger charge is 2.38. The number of halogens is 1. The minimum absolute atomic E-state index is 0.0422. The molecule has 0 spiro atoms. The standard InChI is InChI=1S/C30H55FO6/c1-22(20-34-17-15-32)36-27-10-5-24(6-11-27)3-4-25-7-14-29(30(31)19-25)26-8-12-28(13-9-26)37-23(2)21-35-18-16-33/h22-30,32-33H,3-21H2,1-2H3/t22-,23+,24?,25?,26?,27?,28?,29?,30?/m1/s1. The fourth-order valence-corrected chi connectivity index (χ4v) is 7.06. The molecule has 37 heavy (non-hydrogen) atoms. The van der Waals surface area contributed by atoms with Gasteiger partial charge in [0.25, 0.3) is 0 Å². The lowest BCUT2D eigenvalue weighted by atomic mass is 9.68. The van der Waals surface area contributed by atoms with Gasteiger partial charge in [0.15, 0.2) is 0 Å². The third kappa shape index (κ3) is 11.4. The first-order valence-electron chi connectivity index (χ1n) is 15.3. The van der Waals surface area contributed by atoms with Crippen molar-refractivity contribution in [1.29, 1.82) is 0 Å². The highest BCUT2D eigenvalue weighted by molar-refractivity contribution is 4.88. The van der Waals surface area contributed by atoms with Crippen LogP contribution in [-0.4, -0.2) is 80.4 Å². The van der Waals surface area contributed by atoms with E-state index in [1.165, 1.54) is 32.1 Å². The Kier molecular flexibility index (Phi) is 14.7. The van der Waals surface area contributed by atoms with E-state index in [9.17, 15) is 0 Å². The van der Waals surface area contributed by atoms with Gasteiger partial charge in [-0.05, 0) is 108 Å². The summed E-state index contributed by atoms with van der Waals surface area (Å²) in [4.78, 5) is 0. The highest BCUT2D eigenvalue weighted by atomic mass is 19.1. The number of hydrogen-bond acceptors (Lipinski definition) is 6. The first kappa shape index (κ1) is 31.2. The van der Waals surface area contributed by atoms with Crippen LogP contribution >= 0.6 is 0 Å². The van der Waals surface area contributed by atoms with Crippen LogP contribution in [-0.2, 0) is 18.9 Å². The van der Waals surface area contributed by atoms with Crippen molar-refractivity contribution in [3.05, 3.63) is 0 Å². The average molecular weight is 531 g/mol. The third-order valence-electron chi connectivity index (χ3n) is 9.06. The first-order valence-corrected chi connectivity index (χ1v) is 15.3. The second-order valence-corrected chi connectivity index (χ2v) is 12.1. The molecule has 0 aromatic heterocycles. The molecule has 3 fully saturated rings. The Morgan fingerprint density at radius 2 is 1.16 bits per heavy atom. The Balaban J connectivity index is 1.26. The number of hydrogen-bond donors (Lipinski definition) is 2. The molecule has 3 aliphatic rings. The largest absolute Gasteiger partial charge is 0.394 e. The van der Waals surface area contributed by atoms with Crippen LogP contribution in [0.2, 0.25) is 0 Å². The normalized spacial score (nSPS) is 34.8. The third-order valence-corrected chi connectivity index (χ3v) is 9.06. The van der Waals surface area contributed by atoms with Gasteiger partial charge >= 0.3 is 0 Å². The molecule has 0 amide bonds. The second-order valence-electron chi connectivity index (χ2n) is 12.1. The van der Waals surface area contributed by atoms with Gasteiger partial charge < -0.3 is 29.2 Å². The van der Waals surface area contributed by atoms with Crippen molar-refractivity contribution in [2.75, 3.05) is 39.6 Å². The van der Waals surface area contributed by atoms with Crippen LogP contribution in [0.5, 0.6) is 0 Å². The number of aliphatic hydroxyl groups excluding tert-OH is 2. The van der Waals surface area contributed by atoms with Crippen LogP contribution in [0, 0.1) is 23.7 Å². The Labute approximate surface area is 225 Å². The van der Waals surface area contributed by atoms with Crippen molar-refractivity contribution >= 4 is 0 Å². The van der Waals surface area contributed by atoms with Crippen molar-refractivity contribution in [3.8, 4) is 0 Å². The Morgan fingerprint density at radius 3 is 1.68 bits per heavy atom. The fourth-order valence-electron chi connectivity index (χ4n) is 7.06. The molecule has 3 unspecified atom stereocenters. The lowest BCUT2D eigenvalue weighted by molar-refractivity contribution is -0.0736. The first-order chi connectivity index (χ1) is 18.0. The summed E-state index contributed by atoms with van der Waals surface area (Å²) in [7, 11) is 0. The van der Waals surface area contributed by atoms with Crippen LogP contribution < -0.4 is 0 Å². The van der Waals surface area contributed by atoms with Gasteiger partial charge in [0.2, 0.25) is 0 Å². The molecule has 0 aromatic rings. The topological polar surface area (TPSA) is 77.4 Å². The molecular weight excluding hydrogens is 475 g/mol. The molecule has 3 rings (SSSR count). The number of rotatable bonds is 16. The number of ether oxygens (including phenoxy) is 4. The zero-order valence-corrected chi connectivity index (χ0v) is 23.5. The van der Waals surface area contributed by atoms with E-state index in [1.54, 1.807) is 0 Å². The zero-order chi connectivity index (χ0) is 26.5. The van der Waals surface area contributed by atoms with Gasteiger partial charge in [-0.1, -0.05) is 12.8 Å². The van der Waals surface area contributed by atoms with Gasteiger partial charge in [0.1, 0.15) is 6.17 Å². The van der Waals surface area contributed by atoms with Crippen molar-refractivity contribution in [1.82, 2.24) is 0 Å². The van der Waals surface area contributed by atoms with E-state index < -0.39 is 6.17 Å². The van der Waals surface area contributed by atoms with Crippen LogP contribution in [0.25, 0.3) is 0 Å². The van der Waals surface area contributed by atoms with E-state index in [-0.39, 0.29) is 37.4 Å².